The van der Waals surface area contributed by atoms with Gasteiger partial charge in [0.05, 0.1) is 11.4 Å². The van der Waals surface area contributed by atoms with Gasteiger partial charge in [-0.3, -0.25) is 14.5 Å². The highest BCUT2D eigenvalue weighted by Crippen LogP contribution is 2.39. The van der Waals surface area contributed by atoms with Crippen molar-refractivity contribution in [2.75, 3.05) is 16.3 Å². The molecule has 3 rings (SSSR count). The van der Waals surface area contributed by atoms with E-state index in [0.29, 0.717) is 17.3 Å². The summed E-state index contributed by atoms with van der Waals surface area (Å²) in [6, 6.07) is 14.7. The number of rotatable bonds is 4. The number of benzene rings is 2. The number of carbonyl (C=O) groups is 2. The quantitative estimate of drug-likeness (QED) is 0.765. The maximum atomic E-state index is 12.8. The first kappa shape index (κ1) is 16.5. The van der Waals surface area contributed by atoms with Crippen molar-refractivity contribution in [3.05, 3.63) is 53.6 Å². The van der Waals surface area contributed by atoms with Gasteiger partial charge in [0.2, 0.25) is 11.8 Å². The zero-order chi connectivity index (χ0) is 17.1. The lowest BCUT2D eigenvalue weighted by Gasteiger charge is -2.26. The lowest BCUT2D eigenvalue weighted by Crippen LogP contribution is -2.32. The fraction of sp³-hybridized carbons (Fsp3) is 0.263. The van der Waals surface area contributed by atoms with E-state index in [0.717, 1.165) is 24.2 Å². The number of amides is 2. The molecule has 0 aliphatic carbocycles. The molecule has 0 bridgehead atoms. The van der Waals surface area contributed by atoms with E-state index >= 15 is 0 Å². The summed E-state index contributed by atoms with van der Waals surface area (Å²) < 4.78 is 0. The predicted octanol–water partition coefficient (Wildman–Crippen LogP) is 4.54. The Hall–Kier alpha value is -2.33. The number of hydrogen-bond donors (Lipinski definition) is 0. The molecule has 1 aliphatic heterocycles. The van der Waals surface area contributed by atoms with Crippen LogP contribution in [0.5, 0.6) is 0 Å². The first-order chi connectivity index (χ1) is 11.6. The zero-order valence-electron chi connectivity index (χ0n) is 13.5. The van der Waals surface area contributed by atoms with Gasteiger partial charge in [-0.2, -0.15) is 0 Å². The fourth-order valence-corrected chi connectivity index (χ4v) is 3.06. The normalized spacial score (nSPS) is 14.6. The van der Waals surface area contributed by atoms with Crippen LogP contribution in [0.1, 0.15) is 26.2 Å². The molecule has 0 spiro atoms. The molecule has 24 heavy (non-hydrogen) atoms. The van der Waals surface area contributed by atoms with E-state index in [2.05, 4.69) is 6.92 Å². The van der Waals surface area contributed by atoms with E-state index in [4.69, 9.17) is 11.6 Å². The molecule has 0 atom stereocenters. The minimum absolute atomic E-state index is 0.148. The van der Waals surface area contributed by atoms with Crippen LogP contribution >= 0.6 is 11.6 Å². The summed E-state index contributed by atoms with van der Waals surface area (Å²) in [6.07, 6.45) is 1.71. The van der Waals surface area contributed by atoms with E-state index in [1.54, 1.807) is 21.9 Å². The van der Waals surface area contributed by atoms with Gasteiger partial charge < -0.3 is 4.90 Å². The molecule has 0 saturated heterocycles. The minimum Gasteiger partial charge on any atom is -0.310 e. The van der Waals surface area contributed by atoms with Crippen LogP contribution < -0.4 is 9.80 Å². The van der Waals surface area contributed by atoms with Crippen molar-refractivity contribution in [2.45, 2.75) is 26.2 Å². The van der Waals surface area contributed by atoms with Crippen molar-refractivity contribution in [3.63, 3.8) is 0 Å². The van der Waals surface area contributed by atoms with Crippen LogP contribution in [0.15, 0.2) is 48.5 Å². The second-order valence-electron chi connectivity index (χ2n) is 5.77. The van der Waals surface area contributed by atoms with Crippen molar-refractivity contribution in [3.8, 4) is 0 Å². The number of para-hydroxylation sites is 1. The fourth-order valence-electron chi connectivity index (χ4n) is 2.90. The molecule has 2 aromatic rings. The maximum Gasteiger partial charge on any atom is 0.241 e. The Morgan fingerprint density at radius 2 is 1.75 bits per heavy atom. The van der Waals surface area contributed by atoms with E-state index in [-0.39, 0.29) is 18.2 Å². The minimum atomic E-state index is -0.242. The molecule has 1 heterocycles. The second-order valence-corrected chi connectivity index (χ2v) is 6.21. The van der Waals surface area contributed by atoms with Gasteiger partial charge in [-0.05, 0) is 36.8 Å². The predicted molar refractivity (Wildman–Crippen MR) is 96.9 cm³/mol. The van der Waals surface area contributed by atoms with Crippen LogP contribution in [0.4, 0.5) is 17.1 Å². The molecule has 2 amide bonds. The number of halogens is 1. The summed E-state index contributed by atoms with van der Waals surface area (Å²) in [5, 5.41) is 0.535. The lowest BCUT2D eigenvalue weighted by molar-refractivity contribution is -0.125. The Labute approximate surface area is 146 Å². The van der Waals surface area contributed by atoms with Gasteiger partial charge in [-0.25, -0.2) is 0 Å². The van der Waals surface area contributed by atoms with Gasteiger partial charge in [0.25, 0.3) is 0 Å². The molecule has 2 aromatic carbocycles. The maximum absolute atomic E-state index is 12.8. The molecule has 1 aliphatic rings. The van der Waals surface area contributed by atoms with Crippen molar-refractivity contribution >= 4 is 40.5 Å². The molecule has 0 radical (unpaired) electrons. The Morgan fingerprint density at radius 1 is 1.00 bits per heavy atom. The number of hydrogen-bond acceptors (Lipinski definition) is 2. The first-order valence-electron chi connectivity index (χ1n) is 8.09. The van der Waals surface area contributed by atoms with E-state index in [1.807, 2.05) is 36.4 Å². The van der Waals surface area contributed by atoms with Crippen molar-refractivity contribution in [1.29, 1.82) is 0 Å². The summed E-state index contributed by atoms with van der Waals surface area (Å²) in [5.41, 5.74) is 2.12. The summed E-state index contributed by atoms with van der Waals surface area (Å²) in [5.74, 6) is -0.413. The molecule has 0 aromatic heterocycles. The summed E-state index contributed by atoms with van der Waals surface area (Å²) >= 11 is 6.18. The monoisotopic (exact) mass is 342 g/mol. The topological polar surface area (TPSA) is 40.6 Å². The highest BCUT2D eigenvalue weighted by Gasteiger charge is 2.32. The summed E-state index contributed by atoms with van der Waals surface area (Å²) in [6.45, 7) is 2.67. The van der Waals surface area contributed by atoms with Crippen LogP contribution in [0.3, 0.4) is 0 Å². The van der Waals surface area contributed by atoms with Crippen LogP contribution in [-0.2, 0) is 9.59 Å². The number of anilines is 3. The molecule has 5 heteroatoms. The Kier molecular flexibility index (Phi) is 4.86. The standard InChI is InChI=1S/C19H19ClN2O2/c1-2-3-11-21-16-10-9-14(20)12-17(16)22(19(24)13-18(21)23)15-7-5-4-6-8-15/h4-10,12H,2-3,11,13H2,1H3. The number of fused-ring (bicyclic) bond motifs is 1. The molecule has 0 saturated carbocycles. The second kappa shape index (κ2) is 7.05. The van der Waals surface area contributed by atoms with Gasteiger partial charge in [-0.15, -0.1) is 0 Å². The number of unbranched alkanes of at least 4 members (excludes halogenated alkanes) is 1. The van der Waals surface area contributed by atoms with E-state index in [1.165, 1.54) is 0 Å². The van der Waals surface area contributed by atoms with Gasteiger partial charge >= 0.3 is 0 Å². The van der Waals surface area contributed by atoms with Gasteiger partial charge in [0.15, 0.2) is 0 Å². The first-order valence-corrected chi connectivity index (χ1v) is 8.47. The van der Waals surface area contributed by atoms with Gasteiger partial charge in [0, 0.05) is 17.3 Å². The molecular formula is C19H19ClN2O2. The third-order valence-electron chi connectivity index (χ3n) is 4.07. The third-order valence-corrected chi connectivity index (χ3v) is 4.31. The van der Waals surface area contributed by atoms with Crippen LogP contribution in [0, 0.1) is 0 Å². The van der Waals surface area contributed by atoms with Crippen LogP contribution in [0.2, 0.25) is 5.02 Å². The Balaban J connectivity index is 2.15. The molecule has 124 valence electrons. The van der Waals surface area contributed by atoms with Crippen molar-refractivity contribution < 1.29 is 9.59 Å². The SMILES string of the molecule is CCCCN1C(=O)CC(=O)N(c2ccccc2)c2cc(Cl)ccc21. The van der Waals surface area contributed by atoms with Crippen molar-refractivity contribution in [1.82, 2.24) is 0 Å². The molecule has 0 N–H and O–H groups in total. The smallest absolute Gasteiger partial charge is 0.241 e. The molecular weight excluding hydrogens is 324 g/mol. The van der Waals surface area contributed by atoms with Crippen LogP contribution in [-0.4, -0.2) is 18.4 Å². The average Bonchev–Trinajstić information content (AvgIpc) is 2.67. The Morgan fingerprint density at radius 3 is 2.46 bits per heavy atom. The lowest BCUT2D eigenvalue weighted by atomic mass is 10.2. The number of carbonyl (C=O) groups excluding carboxylic acids is 2. The zero-order valence-corrected chi connectivity index (χ0v) is 14.3. The highest BCUT2D eigenvalue weighted by molar-refractivity contribution is 6.31. The molecule has 0 unspecified atom stereocenters. The summed E-state index contributed by atoms with van der Waals surface area (Å²) in [7, 11) is 0. The highest BCUT2D eigenvalue weighted by atomic mass is 35.5. The van der Waals surface area contributed by atoms with Gasteiger partial charge in [0.1, 0.15) is 6.42 Å². The van der Waals surface area contributed by atoms with Crippen LogP contribution in [0.25, 0.3) is 0 Å². The van der Waals surface area contributed by atoms with E-state index < -0.39 is 0 Å². The number of nitrogens with zero attached hydrogens (tertiary/aromatic N) is 2. The van der Waals surface area contributed by atoms with E-state index in [9.17, 15) is 9.59 Å². The largest absolute Gasteiger partial charge is 0.310 e. The van der Waals surface area contributed by atoms with Crippen molar-refractivity contribution in [2.24, 2.45) is 0 Å². The van der Waals surface area contributed by atoms with Gasteiger partial charge in [-0.1, -0.05) is 43.1 Å². The molecule has 0 fully saturated rings. The molecule has 4 nitrogen and oxygen atoms in total. The average molecular weight is 343 g/mol. The summed E-state index contributed by atoms with van der Waals surface area (Å²) in [4.78, 5) is 28.6. The third kappa shape index (κ3) is 3.15. The Bertz CT molecular complexity index is 761.